The summed E-state index contributed by atoms with van der Waals surface area (Å²) in [7, 11) is 0. The number of carbonyl (C=O) groups is 1. The van der Waals surface area contributed by atoms with Gasteiger partial charge in [-0.3, -0.25) is 4.79 Å². The molecular formula is C45H47NO2. The monoisotopic (exact) mass is 633 g/mol. The van der Waals surface area contributed by atoms with E-state index in [1.54, 1.807) is 0 Å². The molecule has 3 nitrogen and oxygen atoms in total. The maximum Gasteiger partial charge on any atom is 0.229 e. The van der Waals surface area contributed by atoms with Crippen LogP contribution in [0.2, 0.25) is 0 Å². The molecule has 0 bridgehead atoms. The first-order valence-electron chi connectivity index (χ1n) is 17.4. The fraction of sp³-hybridized carbons (Fsp3) is 0.267. The highest BCUT2D eigenvalue weighted by Gasteiger charge is 2.51. The number of rotatable bonds is 16. The summed E-state index contributed by atoms with van der Waals surface area (Å²) in [5.41, 5.74) is 4.52. The Labute approximate surface area is 286 Å². The maximum atomic E-state index is 14.7. The molecular weight excluding hydrogens is 587 g/mol. The average Bonchev–Trinajstić information content (AvgIpc) is 3.40. The summed E-state index contributed by atoms with van der Waals surface area (Å²) in [5.74, 6) is 0.252. The Hall–Kier alpha value is -4.73. The van der Waals surface area contributed by atoms with Gasteiger partial charge in [0.25, 0.3) is 0 Å². The zero-order valence-corrected chi connectivity index (χ0v) is 27.9. The highest BCUT2D eigenvalue weighted by atomic mass is 16.5. The third kappa shape index (κ3) is 7.37. The van der Waals surface area contributed by atoms with Crippen LogP contribution in [0.3, 0.4) is 0 Å². The SMILES string of the molecule is C=CC[C@@]1(CCCc2ccccc2)C[C@@H](COC(c2ccccc2)(c2ccccc2)c2ccccc2)N(CCCc2ccccc2)C1=O. The van der Waals surface area contributed by atoms with Crippen molar-refractivity contribution < 1.29 is 9.53 Å². The molecule has 1 aliphatic heterocycles. The van der Waals surface area contributed by atoms with E-state index in [1.165, 1.54) is 11.1 Å². The van der Waals surface area contributed by atoms with Crippen LogP contribution in [0.15, 0.2) is 164 Å². The molecule has 0 radical (unpaired) electrons. The third-order valence-electron chi connectivity index (χ3n) is 10.0. The fourth-order valence-electron chi connectivity index (χ4n) is 7.67. The molecule has 2 atom stereocenters. The van der Waals surface area contributed by atoms with Gasteiger partial charge in [-0.1, -0.05) is 158 Å². The second-order valence-electron chi connectivity index (χ2n) is 13.1. The molecule has 3 heteroatoms. The quantitative estimate of drug-likeness (QED) is 0.0800. The summed E-state index contributed by atoms with van der Waals surface area (Å²) >= 11 is 0. The Kier molecular flexibility index (Phi) is 11.0. The normalized spacial score (nSPS) is 17.8. The Morgan fingerprint density at radius 1 is 0.667 bits per heavy atom. The van der Waals surface area contributed by atoms with Gasteiger partial charge in [0.1, 0.15) is 5.60 Å². The zero-order chi connectivity index (χ0) is 33.1. The van der Waals surface area contributed by atoms with E-state index >= 15 is 0 Å². The van der Waals surface area contributed by atoms with E-state index in [0.717, 1.165) is 55.2 Å². The lowest BCUT2D eigenvalue weighted by Gasteiger charge is -2.38. The van der Waals surface area contributed by atoms with E-state index in [0.29, 0.717) is 19.6 Å². The molecule has 5 aromatic rings. The number of allylic oxidation sites excluding steroid dienone is 1. The molecule has 0 aliphatic carbocycles. The Morgan fingerprint density at radius 2 is 1.10 bits per heavy atom. The van der Waals surface area contributed by atoms with Crippen LogP contribution in [0.1, 0.15) is 59.9 Å². The Morgan fingerprint density at radius 3 is 1.56 bits per heavy atom. The summed E-state index contributed by atoms with van der Waals surface area (Å²) < 4.78 is 7.34. The van der Waals surface area contributed by atoms with Crippen molar-refractivity contribution in [3.05, 3.63) is 192 Å². The number of nitrogens with zero attached hydrogens (tertiary/aromatic N) is 1. The van der Waals surface area contributed by atoms with Crippen LogP contribution in [-0.2, 0) is 28.0 Å². The van der Waals surface area contributed by atoms with Crippen LogP contribution < -0.4 is 0 Å². The molecule has 1 amide bonds. The second kappa shape index (κ2) is 15.9. The zero-order valence-electron chi connectivity index (χ0n) is 27.9. The number of benzene rings is 5. The molecule has 1 heterocycles. The summed E-state index contributed by atoms with van der Waals surface area (Å²) in [5, 5.41) is 0. The molecule has 1 fully saturated rings. The van der Waals surface area contributed by atoms with Gasteiger partial charge in [0, 0.05) is 6.54 Å². The molecule has 1 saturated heterocycles. The van der Waals surface area contributed by atoms with Crippen molar-refractivity contribution in [1.29, 1.82) is 0 Å². The first kappa shape index (κ1) is 33.2. The Bertz CT molecular complexity index is 1610. The standard InChI is InChI=1S/C45H47NO2/c1-2-32-44(33-18-24-37-20-8-3-9-21-37)35-42(46(43(44)47)34-19-25-38-22-10-4-11-23-38)36-48-45(39-26-12-5-13-27-39,40-28-14-6-15-29-40)41-30-16-7-17-31-41/h2-17,20-23,26-31,42H,1,18-19,24-25,32-36H2/t42-,44+/m0/s1. The van der Waals surface area contributed by atoms with Crippen molar-refractivity contribution in [1.82, 2.24) is 4.90 Å². The van der Waals surface area contributed by atoms with Gasteiger partial charge in [-0.05, 0) is 72.8 Å². The topological polar surface area (TPSA) is 29.5 Å². The van der Waals surface area contributed by atoms with E-state index in [1.807, 2.05) is 24.3 Å². The first-order valence-corrected chi connectivity index (χ1v) is 17.4. The van der Waals surface area contributed by atoms with Gasteiger partial charge >= 0.3 is 0 Å². The largest absolute Gasteiger partial charge is 0.359 e. The van der Waals surface area contributed by atoms with Crippen LogP contribution in [-0.4, -0.2) is 30.0 Å². The van der Waals surface area contributed by atoms with Gasteiger partial charge in [-0.15, -0.1) is 6.58 Å². The average molecular weight is 634 g/mol. The molecule has 48 heavy (non-hydrogen) atoms. The maximum absolute atomic E-state index is 14.7. The highest BCUT2D eigenvalue weighted by Crippen LogP contribution is 2.46. The minimum Gasteiger partial charge on any atom is -0.359 e. The van der Waals surface area contributed by atoms with Gasteiger partial charge < -0.3 is 9.64 Å². The highest BCUT2D eigenvalue weighted by molar-refractivity contribution is 5.85. The Balaban J connectivity index is 1.32. The molecule has 0 N–H and O–H groups in total. The number of amides is 1. The van der Waals surface area contributed by atoms with E-state index in [4.69, 9.17) is 4.74 Å². The minimum atomic E-state index is -0.834. The molecule has 6 rings (SSSR count). The van der Waals surface area contributed by atoms with Crippen molar-refractivity contribution in [2.45, 2.75) is 56.6 Å². The van der Waals surface area contributed by atoms with Crippen LogP contribution in [0.4, 0.5) is 0 Å². The number of hydrogen-bond acceptors (Lipinski definition) is 2. The van der Waals surface area contributed by atoms with Gasteiger partial charge in [-0.2, -0.15) is 0 Å². The third-order valence-corrected chi connectivity index (χ3v) is 10.0. The lowest BCUT2D eigenvalue weighted by atomic mass is 9.76. The van der Waals surface area contributed by atoms with Crippen LogP contribution >= 0.6 is 0 Å². The van der Waals surface area contributed by atoms with Gasteiger partial charge in [0.2, 0.25) is 5.91 Å². The predicted octanol–water partition coefficient (Wildman–Crippen LogP) is 9.81. The fourth-order valence-corrected chi connectivity index (χ4v) is 7.67. The van der Waals surface area contributed by atoms with Crippen LogP contribution in [0, 0.1) is 5.41 Å². The van der Waals surface area contributed by atoms with Crippen molar-refractivity contribution in [2.24, 2.45) is 5.41 Å². The van der Waals surface area contributed by atoms with Gasteiger partial charge in [-0.25, -0.2) is 0 Å². The molecule has 0 saturated carbocycles. The molecule has 0 aromatic heterocycles. The lowest BCUT2D eigenvalue weighted by Crippen LogP contribution is -2.42. The molecule has 244 valence electrons. The van der Waals surface area contributed by atoms with E-state index < -0.39 is 11.0 Å². The van der Waals surface area contributed by atoms with Crippen molar-refractivity contribution >= 4 is 5.91 Å². The number of likely N-dealkylation sites (tertiary alicyclic amines) is 1. The molecule has 0 unspecified atom stereocenters. The second-order valence-corrected chi connectivity index (χ2v) is 13.1. The molecule has 5 aromatic carbocycles. The van der Waals surface area contributed by atoms with Gasteiger partial charge in [0.15, 0.2) is 0 Å². The van der Waals surface area contributed by atoms with Crippen molar-refractivity contribution in [3.8, 4) is 0 Å². The lowest BCUT2D eigenvalue weighted by molar-refractivity contribution is -0.138. The number of aryl methyl sites for hydroxylation is 2. The van der Waals surface area contributed by atoms with E-state index in [-0.39, 0.29) is 11.9 Å². The number of carbonyl (C=O) groups excluding carboxylic acids is 1. The number of ether oxygens (including phenoxy) is 1. The minimum absolute atomic E-state index is 0.0551. The summed E-state index contributed by atoms with van der Waals surface area (Å²) in [6.45, 7) is 5.25. The predicted molar refractivity (Wildman–Crippen MR) is 197 cm³/mol. The van der Waals surface area contributed by atoms with E-state index in [9.17, 15) is 4.79 Å². The van der Waals surface area contributed by atoms with Crippen molar-refractivity contribution in [2.75, 3.05) is 13.2 Å². The van der Waals surface area contributed by atoms with Crippen LogP contribution in [0.25, 0.3) is 0 Å². The van der Waals surface area contributed by atoms with Crippen LogP contribution in [0.5, 0.6) is 0 Å². The first-order chi connectivity index (χ1) is 23.6. The van der Waals surface area contributed by atoms with Crippen molar-refractivity contribution in [3.63, 3.8) is 0 Å². The summed E-state index contributed by atoms with van der Waals surface area (Å²) in [4.78, 5) is 16.8. The van der Waals surface area contributed by atoms with Gasteiger partial charge in [0.05, 0.1) is 18.1 Å². The summed E-state index contributed by atoms with van der Waals surface area (Å²) in [6.07, 6.45) is 7.97. The smallest absolute Gasteiger partial charge is 0.229 e. The van der Waals surface area contributed by atoms with E-state index in [2.05, 4.69) is 145 Å². The molecule has 1 aliphatic rings. The summed E-state index contributed by atoms with van der Waals surface area (Å²) in [6, 6.07) is 52.7. The molecule has 0 spiro atoms. The number of hydrogen-bond donors (Lipinski definition) is 0.